The van der Waals surface area contributed by atoms with Gasteiger partial charge in [-0.1, -0.05) is 51.1 Å². The fourth-order valence-corrected chi connectivity index (χ4v) is 4.58. The highest BCUT2D eigenvalue weighted by molar-refractivity contribution is 5.76. The third kappa shape index (κ3) is 5.73. The molecule has 1 aromatic heterocycles. The number of amides is 1. The molecule has 0 aliphatic carbocycles. The van der Waals surface area contributed by atoms with Gasteiger partial charge < -0.3 is 9.64 Å². The smallest absolute Gasteiger partial charge is 0.223 e. The lowest BCUT2D eigenvalue weighted by Gasteiger charge is -2.28. The monoisotopic (exact) mass is 478 g/mol. The van der Waals surface area contributed by atoms with Gasteiger partial charge in [0.15, 0.2) is 0 Å². The molecular weight excluding hydrogens is 443 g/mol. The Labute approximate surface area is 207 Å². The Morgan fingerprint density at radius 2 is 1.86 bits per heavy atom. The Morgan fingerprint density at radius 3 is 2.57 bits per heavy atom. The van der Waals surface area contributed by atoms with Crippen LogP contribution in [-0.2, 0) is 30.8 Å². The topological polar surface area (TPSA) is 50.6 Å². The third-order valence-corrected chi connectivity index (χ3v) is 6.38. The molecule has 0 bridgehead atoms. The molecule has 1 amide bonds. The Morgan fingerprint density at radius 1 is 1.14 bits per heavy atom. The van der Waals surface area contributed by atoms with E-state index >= 15 is 0 Å². The highest BCUT2D eigenvalue weighted by Crippen LogP contribution is 2.31. The molecule has 7 heteroatoms. The standard InChI is InChI=1S/C28H35FN4O2/c1-28(2,3)16-27(34)31(4)19-23-21-18-32(17-20-10-6-7-11-22(20)29)15-14-24(21)33(30-23)25-12-8-9-13-26(25)35-5/h6-13H,14-19H2,1-5H3. The van der Waals surface area contributed by atoms with Gasteiger partial charge in [-0.25, -0.2) is 9.07 Å². The van der Waals surface area contributed by atoms with Gasteiger partial charge in [0.2, 0.25) is 5.91 Å². The predicted molar refractivity (Wildman–Crippen MR) is 135 cm³/mol. The molecule has 1 aliphatic rings. The molecule has 186 valence electrons. The number of carbonyl (C=O) groups excluding carboxylic acids is 1. The number of methoxy groups -OCH3 is 1. The summed E-state index contributed by atoms with van der Waals surface area (Å²) in [5.41, 5.74) is 4.57. The second-order valence-electron chi connectivity index (χ2n) is 10.5. The Kier molecular flexibility index (Phi) is 7.26. The number of rotatable bonds is 7. The van der Waals surface area contributed by atoms with Crippen LogP contribution in [0.3, 0.4) is 0 Å². The lowest BCUT2D eigenvalue weighted by molar-refractivity contribution is -0.132. The summed E-state index contributed by atoms with van der Waals surface area (Å²) >= 11 is 0. The van der Waals surface area contributed by atoms with Crippen LogP contribution >= 0.6 is 0 Å². The van der Waals surface area contributed by atoms with E-state index in [4.69, 9.17) is 9.84 Å². The number of ether oxygens (including phenoxy) is 1. The number of hydrogen-bond donors (Lipinski definition) is 0. The molecule has 35 heavy (non-hydrogen) atoms. The van der Waals surface area contributed by atoms with Gasteiger partial charge in [0.25, 0.3) is 0 Å². The van der Waals surface area contributed by atoms with E-state index in [1.807, 2.05) is 48.1 Å². The number of aromatic nitrogens is 2. The van der Waals surface area contributed by atoms with Crippen LogP contribution in [0.1, 0.15) is 49.7 Å². The minimum atomic E-state index is -0.184. The number of nitrogens with zero attached hydrogens (tertiary/aromatic N) is 4. The zero-order valence-electron chi connectivity index (χ0n) is 21.3. The van der Waals surface area contributed by atoms with Gasteiger partial charge in [-0.05, 0) is 23.6 Å². The SMILES string of the molecule is COc1ccccc1-n1nc(CN(C)C(=O)CC(C)(C)C)c2c1CCN(Cc1ccccc1F)C2. The number of carbonyl (C=O) groups is 1. The van der Waals surface area contributed by atoms with Crippen molar-refractivity contribution < 1.29 is 13.9 Å². The molecule has 0 N–H and O–H groups in total. The van der Waals surface area contributed by atoms with E-state index in [9.17, 15) is 9.18 Å². The lowest BCUT2D eigenvalue weighted by Crippen LogP contribution is -2.33. The van der Waals surface area contributed by atoms with Crippen molar-refractivity contribution in [1.82, 2.24) is 19.6 Å². The zero-order valence-corrected chi connectivity index (χ0v) is 21.3. The van der Waals surface area contributed by atoms with Crippen LogP contribution < -0.4 is 4.74 Å². The van der Waals surface area contributed by atoms with Crippen LogP contribution in [0.15, 0.2) is 48.5 Å². The largest absolute Gasteiger partial charge is 0.494 e. The highest BCUT2D eigenvalue weighted by atomic mass is 19.1. The maximum atomic E-state index is 14.3. The summed E-state index contributed by atoms with van der Waals surface area (Å²) in [5.74, 6) is 0.656. The molecule has 0 spiro atoms. The van der Waals surface area contributed by atoms with E-state index in [2.05, 4.69) is 25.7 Å². The molecule has 2 heterocycles. The Hall–Kier alpha value is -3.19. The van der Waals surface area contributed by atoms with Crippen molar-refractivity contribution in [3.05, 3.63) is 76.9 Å². The maximum absolute atomic E-state index is 14.3. The summed E-state index contributed by atoms with van der Waals surface area (Å²) in [6.07, 6.45) is 1.24. The van der Waals surface area contributed by atoms with Gasteiger partial charge in [0.05, 0.1) is 25.0 Å². The fraction of sp³-hybridized carbons (Fsp3) is 0.429. The Balaban J connectivity index is 1.67. The molecule has 3 aromatic rings. The molecule has 2 aromatic carbocycles. The van der Waals surface area contributed by atoms with E-state index in [0.29, 0.717) is 31.6 Å². The summed E-state index contributed by atoms with van der Waals surface area (Å²) in [6, 6.07) is 14.8. The summed E-state index contributed by atoms with van der Waals surface area (Å²) in [7, 11) is 3.49. The number of para-hydroxylation sites is 2. The van der Waals surface area contributed by atoms with Gasteiger partial charge in [-0.2, -0.15) is 5.10 Å². The summed E-state index contributed by atoms with van der Waals surface area (Å²) in [4.78, 5) is 16.9. The number of fused-ring (bicyclic) bond motifs is 1. The van der Waals surface area contributed by atoms with E-state index in [1.54, 1.807) is 18.1 Å². The van der Waals surface area contributed by atoms with Crippen molar-refractivity contribution in [3.63, 3.8) is 0 Å². The van der Waals surface area contributed by atoms with Crippen molar-refractivity contribution in [1.29, 1.82) is 0 Å². The molecule has 0 saturated carbocycles. The normalized spacial score (nSPS) is 14.0. The van der Waals surface area contributed by atoms with Crippen molar-refractivity contribution in [3.8, 4) is 11.4 Å². The molecule has 1 aliphatic heterocycles. The second kappa shape index (κ2) is 10.2. The van der Waals surface area contributed by atoms with Crippen LogP contribution in [0.2, 0.25) is 0 Å². The zero-order chi connectivity index (χ0) is 25.2. The van der Waals surface area contributed by atoms with E-state index < -0.39 is 0 Å². The minimum absolute atomic E-state index is 0.0852. The first-order chi connectivity index (χ1) is 16.7. The first-order valence-corrected chi connectivity index (χ1v) is 12.1. The molecule has 4 rings (SSSR count). The van der Waals surface area contributed by atoms with E-state index in [-0.39, 0.29) is 17.1 Å². The van der Waals surface area contributed by atoms with Crippen LogP contribution in [0, 0.1) is 11.2 Å². The molecule has 0 saturated heterocycles. The lowest BCUT2D eigenvalue weighted by atomic mass is 9.91. The van der Waals surface area contributed by atoms with Gasteiger partial charge in [-0.15, -0.1) is 0 Å². The summed E-state index contributed by atoms with van der Waals surface area (Å²) < 4.78 is 21.9. The van der Waals surface area contributed by atoms with E-state index in [1.165, 1.54) is 6.07 Å². The first kappa shape index (κ1) is 24.9. The predicted octanol–water partition coefficient (Wildman–Crippen LogP) is 4.97. The van der Waals surface area contributed by atoms with E-state index in [0.717, 1.165) is 41.4 Å². The van der Waals surface area contributed by atoms with Crippen LogP contribution in [-0.4, -0.2) is 46.2 Å². The first-order valence-electron chi connectivity index (χ1n) is 12.1. The molecule has 6 nitrogen and oxygen atoms in total. The van der Waals surface area contributed by atoms with Gasteiger partial charge in [0.1, 0.15) is 17.3 Å². The second-order valence-corrected chi connectivity index (χ2v) is 10.5. The van der Waals surface area contributed by atoms with Gasteiger partial charge in [0, 0.05) is 50.7 Å². The molecule has 0 atom stereocenters. The van der Waals surface area contributed by atoms with Crippen molar-refractivity contribution in [2.24, 2.45) is 5.41 Å². The van der Waals surface area contributed by atoms with Crippen molar-refractivity contribution in [2.75, 3.05) is 20.7 Å². The molecular formula is C28H35FN4O2. The van der Waals surface area contributed by atoms with Crippen molar-refractivity contribution in [2.45, 2.75) is 53.2 Å². The minimum Gasteiger partial charge on any atom is -0.494 e. The highest BCUT2D eigenvalue weighted by Gasteiger charge is 2.28. The maximum Gasteiger partial charge on any atom is 0.223 e. The molecule has 0 unspecified atom stereocenters. The molecule has 0 fully saturated rings. The number of halogens is 1. The third-order valence-electron chi connectivity index (χ3n) is 6.38. The summed E-state index contributed by atoms with van der Waals surface area (Å²) in [6.45, 7) is 8.60. The van der Waals surface area contributed by atoms with Crippen molar-refractivity contribution >= 4 is 5.91 Å². The number of benzene rings is 2. The average molecular weight is 479 g/mol. The van der Waals surface area contributed by atoms with Crippen LogP contribution in [0.4, 0.5) is 4.39 Å². The fourth-order valence-electron chi connectivity index (χ4n) is 4.58. The summed E-state index contributed by atoms with van der Waals surface area (Å²) in [5, 5.41) is 4.99. The van der Waals surface area contributed by atoms with Gasteiger partial charge in [-0.3, -0.25) is 9.69 Å². The molecule has 0 radical (unpaired) electrons. The van der Waals surface area contributed by atoms with Crippen LogP contribution in [0.5, 0.6) is 5.75 Å². The number of hydrogen-bond acceptors (Lipinski definition) is 4. The average Bonchev–Trinajstić information content (AvgIpc) is 3.16. The van der Waals surface area contributed by atoms with Crippen LogP contribution in [0.25, 0.3) is 5.69 Å². The quantitative estimate of drug-likeness (QED) is 0.481. The van der Waals surface area contributed by atoms with Gasteiger partial charge >= 0.3 is 0 Å². The Bertz CT molecular complexity index is 1200.